The molecule has 4 aliphatic heterocycles. The quantitative estimate of drug-likeness (QED) is 0.729. The van der Waals surface area contributed by atoms with Crippen molar-refractivity contribution in [3.8, 4) is 0 Å². The van der Waals surface area contributed by atoms with Gasteiger partial charge in [-0.05, 0) is 50.8 Å². The molecule has 0 aliphatic carbocycles. The van der Waals surface area contributed by atoms with Gasteiger partial charge in [0.2, 0.25) is 0 Å². The number of amidine groups is 1. The van der Waals surface area contributed by atoms with Crippen LogP contribution in [0, 0.1) is 5.92 Å². The Morgan fingerprint density at radius 3 is 2.86 bits per heavy atom. The summed E-state index contributed by atoms with van der Waals surface area (Å²) in [6, 6.07) is -0.0834. The van der Waals surface area contributed by atoms with Crippen LogP contribution in [0.2, 0.25) is 0 Å². The standard InChI is InChI=1S/C20H26N4O4S/c1-13-10-15-2-7-22-19(18(15)24-20(13)25)23-16-3-6-21-11-17(16)28-12-14-4-8-29(26,27)9-5-14/h2,7,10,14,16-17,21H,3-6,8-9,11-12H2,1H3/t16-,17-/m0/s1. The minimum absolute atomic E-state index is 0.0834. The Hall–Kier alpha value is -1.97. The fraction of sp³-hybridized carbons (Fsp3) is 0.600. The third kappa shape index (κ3) is 4.79. The van der Waals surface area contributed by atoms with Crippen molar-refractivity contribution in [1.82, 2.24) is 5.32 Å². The molecule has 156 valence electrons. The van der Waals surface area contributed by atoms with Gasteiger partial charge in [0.1, 0.15) is 15.5 Å². The molecule has 29 heavy (non-hydrogen) atoms. The molecule has 4 rings (SSSR count). The summed E-state index contributed by atoms with van der Waals surface area (Å²) in [5, 5.41) is 3.34. The van der Waals surface area contributed by atoms with E-state index in [4.69, 9.17) is 9.73 Å². The van der Waals surface area contributed by atoms with Crippen molar-refractivity contribution >= 4 is 33.5 Å². The predicted molar refractivity (Wildman–Crippen MR) is 113 cm³/mol. The average molecular weight is 419 g/mol. The van der Waals surface area contributed by atoms with Gasteiger partial charge in [0, 0.05) is 30.5 Å². The number of nitrogens with one attached hydrogen (secondary N) is 1. The molecule has 2 saturated heterocycles. The van der Waals surface area contributed by atoms with Crippen molar-refractivity contribution in [3.05, 3.63) is 23.3 Å². The first-order valence-corrected chi connectivity index (χ1v) is 11.9. The molecule has 4 aliphatic rings. The van der Waals surface area contributed by atoms with E-state index in [1.54, 1.807) is 13.1 Å². The zero-order chi connectivity index (χ0) is 20.4. The number of carbonyl (C=O) groups is 1. The number of sulfone groups is 1. The zero-order valence-electron chi connectivity index (χ0n) is 16.5. The number of ether oxygens (including phenoxy) is 1. The lowest BCUT2D eigenvalue weighted by atomic mass is 9.99. The third-order valence-electron chi connectivity index (χ3n) is 5.76. The first-order chi connectivity index (χ1) is 13.9. The average Bonchev–Trinajstić information content (AvgIpc) is 2.70. The monoisotopic (exact) mass is 418 g/mol. The Balaban J connectivity index is 1.44. The molecule has 1 N–H and O–H groups in total. The Labute approximate surface area is 170 Å². The maximum absolute atomic E-state index is 12.0. The molecule has 0 radical (unpaired) electrons. The lowest BCUT2D eigenvalue weighted by molar-refractivity contribution is -0.114. The van der Waals surface area contributed by atoms with E-state index in [0.717, 1.165) is 18.5 Å². The number of aliphatic imine (C=N–C) groups is 3. The van der Waals surface area contributed by atoms with Crippen molar-refractivity contribution < 1.29 is 17.9 Å². The molecule has 2 fully saturated rings. The van der Waals surface area contributed by atoms with Crippen LogP contribution in [0.15, 0.2) is 38.3 Å². The predicted octanol–water partition coefficient (Wildman–Crippen LogP) is 0.895. The summed E-state index contributed by atoms with van der Waals surface area (Å²) in [5.74, 6) is 0.987. The molecule has 4 heterocycles. The fourth-order valence-corrected chi connectivity index (χ4v) is 5.51. The summed E-state index contributed by atoms with van der Waals surface area (Å²) in [4.78, 5) is 25.4. The van der Waals surface area contributed by atoms with Crippen LogP contribution >= 0.6 is 0 Å². The maximum Gasteiger partial charge on any atom is 0.273 e. The minimum atomic E-state index is -2.86. The van der Waals surface area contributed by atoms with E-state index >= 15 is 0 Å². The van der Waals surface area contributed by atoms with Crippen LogP contribution in [0.4, 0.5) is 0 Å². The minimum Gasteiger partial charge on any atom is -0.374 e. The molecule has 0 unspecified atom stereocenters. The highest BCUT2D eigenvalue weighted by Crippen LogP contribution is 2.23. The molecule has 0 aromatic heterocycles. The van der Waals surface area contributed by atoms with Gasteiger partial charge in [-0.2, -0.15) is 0 Å². The van der Waals surface area contributed by atoms with Gasteiger partial charge >= 0.3 is 0 Å². The van der Waals surface area contributed by atoms with Crippen LogP contribution in [-0.2, 0) is 19.4 Å². The van der Waals surface area contributed by atoms with Crippen molar-refractivity contribution in [3.63, 3.8) is 0 Å². The Kier molecular flexibility index (Phi) is 5.89. The summed E-state index contributed by atoms with van der Waals surface area (Å²) in [5.41, 5.74) is 1.98. The van der Waals surface area contributed by atoms with Gasteiger partial charge in [-0.25, -0.2) is 18.4 Å². The molecule has 9 heteroatoms. The molecule has 0 aromatic carbocycles. The van der Waals surface area contributed by atoms with Gasteiger partial charge in [0.15, 0.2) is 5.84 Å². The third-order valence-corrected chi connectivity index (χ3v) is 7.47. The molecule has 8 nitrogen and oxygen atoms in total. The number of rotatable bonds is 4. The van der Waals surface area contributed by atoms with Crippen molar-refractivity contribution in [2.24, 2.45) is 20.9 Å². The largest absolute Gasteiger partial charge is 0.374 e. The maximum atomic E-state index is 12.0. The SMILES string of the molecule is CC1=CC2=CC=NC(=N[C@H]3CCNC[C@@H]3OCC3CCS(=O)(=O)CC3)C2=NC1=O. The Morgan fingerprint density at radius 2 is 2.07 bits per heavy atom. The van der Waals surface area contributed by atoms with Gasteiger partial charge in [0.25, 0.3) is 5.91 Å². The van der Waals surface area contributed by atoms with E-state index in [1.165, 1.54) is 0 Å². The summed E-state index contributed by atoms with van der Waals surface area (Å²) in [6.07, 6.45) is 7.34. The van der Waals surface area contributed by atoms with Gasteiger partial charge in [-0.3, -0.25) is 9.79 Å². The lowest BCUT2D eigenvalue weighted by Gasteiger charge is -2.32. The van der Waals surface area contributed by atoms with Crippen LogP contribution < -0.4 is 5.32 Å². The van der Waals surface area contributed by atoms with Crippen LogP contribution in [0.3, 0.4) is 0 Å². The highest BCUT2D eigenvalue weighted by molar-refractivity contribution is 7.91. The van der Waals surface area contributed by atoms with E-state index in [0.29, 0.717) is 43.1 Å². The van der Waals surface area contributed by atoms with E-state index < -0.39 is 9.84 Å². The molecule has 2 atom stereocenters. The molecule has 0 spiro atoms. The number of allylic oxidation sites excluding steroid dienone is 2. The number of piperidine rings is 1. The molecule has 0 bridgehead atoms. The first-order valence-electron chi connectivity index (χ1n) is 10.1. The normalized spacial score (nSPS) is 31.1. The summed E-state index contributed by atoms with van der Waals surface area (Å²) in [7, 11) is -2.86. The van der Waals surface area contributed by atoms with Gasteiger partial charge in [-0.15, -0.1) is 0 Å². The summed E-state index contributed by atoms with van der Waals surface area (Å²) < 4.78 is 29.4. The molecular weight excluding hydrogens is 392 g/mol. The van der Waals surface area contributed by atoms with Crippen LogP contribution in [0.25, 0.3) is 0 Å². The number of hydrogen-bond donors (Lipinski definition) is 1. The van der Waals surface area contributed by atoms with E-state index in [1.807, 2.05) is 12.2 Å². The van der Waals surface area contributed by atoms with Gasteiger partial charge in [0.05, 0.1) is 23.7 Å². The molecule has 0 aromatic rings. The van der Waals surface area contributed by atoms with E-state index in [2.05, 4.69) is 15.3 Å². The Bertz CT molecular complexity index is 932. The van der Waals surface area contributed by atoms with E-state index in [9.17, 15) is 13.2 Å². The smallest absolute Gasteiger partial charge is 0.273 e. The summed E-state index contributed by atoms with van der Waals surface area (Å²) in [6.45, 7) is 3.81. The van der Waals surface area contributed by atoms with Crippen LogP contribution in [0.5, 0.6) is 0 Å². The number of amides is 1. The molecular formula is C20H26N4O4S. The second-order valence-corrected chi connectivity index (χ2v) is 10.3. The van der Waals surface area contributed by atoms with Gasteiger partial charge in [-0.1, -0.05) is 0 Å². The van der Waals surface area contributed by atoms with Crippen molar-refractivity contribution in [1.29, 1.82) is 0 Å². The number of dihydropyridines is 2. The van der Waals surface area contributed by atoms with E-state index in [-0.39, 0.29) is 35.5 Å². The lowest BCUT2D eigenvalue weighted by Crippen LogP contribution is -2.46. The topological polar surface area (TPSA) is 110 Å². The van der Waals surface area contributed by atoms with Crippen LogP contribution in [-0.4, -0.2) is 75.4 Å². The summed E-state index contributed by atoms with van der Waals surface area (Å²) >= 11 is 0. The first kappa shape index (κ1) is 20.3. The van der Waals surface area contributed by atoms with Crippen LogP contribution in [0.1, 0.15) is 26.2 Å². The second kappa shape index (κ2) is 8.41. The highest BCUT2D eigenvalue weighted by Gasteiger charge is 2.30. The van der Waals surface area contributed by atoms with Crippen molar-refractivity contribution in [2.45, 2.75) is 38.3 Å². The Morgan fingerprint density at radius 1 is 1.28 bits per heavy atom. The van der Waals surface area contributed by atoms with Crippen molar-refractivity contribution in [2.75, 3.05) is 31.2 Å². The zero-order valence-corrected chi connectivity index (χ0v) is 17.3. The molecule has 0 saturated carbocycles. The second-order valence-electron chi connectivity index (χ2n) is 7.97. The highest BCUT2D eigenvalue weighted by atomic mass is 32.2. The number of hydrogen-bond acceptors (Lipinski definition) is 6. The van der Waals surface area contributed by atoms with Gasteiger partial charge < -0.3 is 10.1 Å². The number of fused-ring (bicyclic) bond motifs is 1. The number of nitrogens with zero attached hydrogens (tertiary/aromatic N) is 3. The number of carbonyl (C=O) groups excluding carboxylic acids is 1. The fourth-order valence-electron chi connectivity index (χ4n) is 3.92. The molecule has 1 amide bonds.